The molecule has 2 aromatic carbocycles. The fraction of sp³-hybridized carbons (Fsp3) is 0.423. The molecule has 176 valence electrons. The minimum absolute atomic E-state index is 0.0473. The zero-order valence-electron chi connectivity index (χ0n) is 19.5. The Bertz CT molecular complexity index is 1160. The number of hydrogen-bond donors (Lipinski definition) is 0. The van der Waals surface area contributed by atoms with Gasteiger partial charge in [-0.1, -0.05) is 60.6 Å². The molecular weight excluding hydrogens is 502 g/mol. The number of benzene rings is 2. The number of fused-ring (bicyclic) bond motifs is 1. The fourth-order valence-corrected chi connectivity index (χ4v) is 4.61. The van der Waals surface area contributed by atoms with Gasteiger partial charge in [0.1, 0.15) is 5.82 Å². The third-order valence-electron chi connectivity index (χ3n) is 5.93. The van der Waals surface area contributed by atoms with Gasteiger partial charge in [-0.15, -0.1) is 0 Å². The van der Waals surface area contributed by atoms with Crippen LogP contribution in [-0.2, 0) is 6.54 Å². The summed E-state index contributed by atoms with van der Waals surface area (Å²) in [4.78, 5) is 33.7. The molecule has 0 radical (unpaired) electrons. The third kappa shape index (κ3) is 5.85. The van der Waals surface area contributed by atoms with Crippen LogP contribution in [-0.4, -0.2) is 26.9 Å². The minimum atomic E-state index is -0.321. The second kappa shape index (κ2) is 11.8. The Morgan fingerprint density at radius 2 is 1.82 bits per heavy atom. The molecule has 1 atom stereocenters. The highest BCUT2D eigenvalue weighted by Crippen LogP contribution is 2.27. The molecule has 0 saturated carbocycles. The number of unbranched alkanes of at least 4 members (excludes halogenated alkanes) is 3. The van der Waals surface area contributed by atoms with Crippen molar-refractivity contribution in [1.29, 1.82) is 0 Å². The highest BCUT2D eigenvalue weighted by Gasteiger charge is 2.28. The monoisotopic (exact) mass is 531 g/mol. The Morgan fingerprint density at radius 3 is 2.45 bits per heavy atom. The molecular formula is C26H31BrClN3O2. The van der Waals surface area contributed by atoms with Crippen molar-refractivity contribution in [2.45, 2.75) is 65.5 Å². The van der Waals surface area contributed by atoms with Crippen molar-refractivity contribution >= 4 is 44.3 Å². The van der Waals surface area contributed by atoms with Crippen molar-refractivity contribution < 1.29 is 4.79 Å². The van der Waals surface area contributed by atoms with Gasteiger partial charge in [-0.2, -0.15) is 0 Å². The van der Waals surface area contributed by atoms with Gasteiger partial charge in [0.2, 0.25) is 0 Å². The van der Waals surface area contributed by atoms with Crippen molar-refractivity contribution in [3.8, 4) is 0 Å². The van der Waals surface area contributed by atoms with Crippen molar-refractivity contribution in [2.75, 3.05) is 6.54 Å². The van der Waals surface area contributed by atoms with Gasteiger partial charge in [0.05, 0.1) is 16.9 Å². The molecule has 3 aromatic rings. The number of carbonyl (C=O) groups is 1. The van der Waals surface area contributed by atoms with Crippen molar-refractivity contribution in [3.63, 3.8) is 0 Å². The normalized spacial score (nSPS) is 12.2. The lowest BCUT2D eigenvalue weighted by atomic mass is 10.1. The lowest BCUT2D eigenvalue weighted by Crippen LogP contribution is -2.39. The van der Waals surface area contributed by atoms with E-state index >= 15 is 0 Å². The molecule has 5 nitrogen and oxygen atoms in total. The Morgan fingerprint density at radius 1 is 1.09 bits per heavy atom. The van der Waals surface area contributed by atoms with E-state index in [1.165, 1.54) is 0 Å². The minimum Gasteiger partial charge on any atom is -0.328 e. The largest absolute Gasteiger partial charge is 0.328 e. The van der Waals surface area contributed by atoms with E-state index in [0.717, 1.165) is 30.2 Å². The second-order valence-electron chi connectivity index (χ2n) is 8.17. The summed E-state index contributed by atoms with van der Waals surface area (Å²) < 4.78 is 2.62. The molecule has 0 aliphatic rings. The van der Waals surface area contributed by atoms with E-state index in [1.54, 1.807) is 22.8 Å². The van der Waals surface area contributed by atoms with Crippen LogP contribution in [0, 0.1) is 0 Å². The molecule has 1 heterocycles. The maximum absolute atomic E-state index is 13.7. The second-order valence-corrected chi connectivity index (χ2v) is 9.52. The van der Waals surface area contributed by atoms with Crippen LogP contribution < -0.4 is 5.56 Å². The number of rotatable bonds is 10. The summed E-state index contributed by atoms with van der Waals surface area (Å²) in [5, 5.41) is 1.07. The summed E-state index contributed by atoms with van der Waals surface area (Å²) in [6, 6.07) is 12.2. The first kappa shape index (κ1) is 25.4. The Labute approximate surface area is 208 Å². The van der Waals surface area contributed by atoms with Crippen LogP contribution in [0.3, 0.4) is 0 Å². The first-order chi connectivity index (χ1) is 15.9. The molecule has 33 heavy (non-hydrogen) atoms. The molecule has 0 fully saturated rings. The van der Waals surface area contributed by atoms with E-state index in [0.29, 0.717) is 46.8 Å². The van der Waals surface area contributed by atoms with Gasteiger partial charge in [-0.05, 0) is 62.2 Å². The van der Waals surface area contributed by atoms with Crippen LogP contribution in [0.1, 0.15) is 75.1 Å². The highest BCUT2D eigenvalue weighted by molar-refractivity contribution is 9.10. The molecule has 0 saturated heterocycles. The molecule has 0 aliphatic heterocycles. The van der Waals surface area contributed by atoms with E-state index < -0.39 is 0 Å². The van der Waals surface area contributed by atoms with Crippen LogP contribution in [0.2, 0.25) is 5.02 Å². The lowest BCUT2D eigenvalue weighted by Gasteiger charge is -2.32. The van der Waals surface area contributed by atoms with Crippen LogP contribution in [0.25, 0.3) is 10.9 Å². The first-order valence-corrected chi connectivity index (χ1v) is 12.8. The number of nitrogens with zero attached hydrogens (tertiary/aromatic N) is 3. The maximum Gasteiger partial charge on any atom is 0.261 e. The predicted molar refractivity (Wildman–Crippen MR) is 139 cm³/mol. The fourth-order valence-electron chi connectivity index (χ4n) is 4.18. The standard InChI is InChI=1S/C26H31BrClN3O2/c1-4-7-8-9-16-31(25(32)18-10-12-19(27)13-11-18)23(5-2)24-29-22-17-20(28)14-15-21(22)26(33)30(24)6-3/h10-15,17,23H,4-9,16H2,1-3H3. The Hall–Kier alpha value is -2.18. The Balaban J connectivity index is 2.10. The Kier molecular flexibility index (Phi) is 9.10. The van der Waals surface area contributed by atoms with Crippen molar-refractivity contribution in [1.82, 2.24) is 14.5 Å². The van der Waals surface area contributed by atoms with E-state index in [9.17, 15) is 9.59 Å². The third-order valence-corrected chi connectivity index (χ3v) is 6.69. The van der Waals surface area contributed by atoms with Gasteiger partial charge in [-0.25, -0.2) is 4.98 Å². The molecule has 1 aromatic heterocycles. The molecule has 0 aliphatic carbocycles. The average molecular weight is 533 g/mol. The molecule has 1 unspecified atom stereocenters. The van der Waals surface area contributed by atoms with E-state index in [-0.39, 0.29) is 17.5 Å². The number of halogens is 2. The smallest absolute Gasteiger partial charge is 0.261 e. The molecule has 0 N–H and O–H groups in total. The zero-order valence-corrected chi connectivity index (χ0v) is 21.8. The van der Waals surface area contributed by atoms with Gasteiger partial charge in [0, 0.05) is 28.1 Å². The topological polar surface area (TPSA) is 55.2 Å². The van der Waals surface area contributed by atoms with Gasteiger partial charge in [0.25, 0.3) is 11.5 Å². The van der Waals surface area contributed by atoms with E-state index in [2.05, 4.69) is 22.9 Å². The summed E-state index contributed by atoms with van der Waals surface area (Å²) in [5.41, 5.74) is 1.09. The number of amides is 1. The van der Waals surface area contributed by atoms with Crippen molar-refractivity contribution in [2.24, 2.45) is 0 Å². The highest BCUT2D eigenvalue weighted by atomic mass is 79.9. The number of carbonyl (C=O) groups excluding carboxylic acids is 1. The predicted octanol–water partition coefficient (Wildman–Crippen LogP) is 7.01. The van der Waals surface area contributed by atoms with Crippen LogP contribution in [0.5, 0.6) is 0 Å². The molecule has 1 amide bonds. The number of hydrogen-bond acceptors (Lipinski definition) is 3. The van der Waals surface area contributed by atoms with E-state index in [1.807, 2.05) is 43.0 Å². The molecule has 0 spiro atoms. The summed E-state index contributed by atoms with van der Waals surface area (Å²) in [5.74, 6) is 0.565. The molecule has 7 heteroatoms. The summed E-state index contributed by atoms with van der Waals surface area (Å²) in [6.45, 7) is 7.23. The van der Waals surface area contributed by atoms with E-state index in [4.69, 9.17) is 16.6 Å². The van der Waals surface area contributed by atoms with Crippen LogP contribution >= 0.6 is 27.5 Å². The quantitative estimate of drug-likeness (QED) is 0.264. The summed E-state index contributed by atoms with van der Waals surface area (Å²) >= 11 is 9.64. The first-order valence-electron chi connectivity index (χ1n) is 11.7. The molecule has 3 rings (SSSR count). The van der Waals surface area contributed by atoms with Crippen LogP contribution in [0.15, 0.2) is 51.7 Å². The zero-order chi connectivity index (χ0) is 24.0. The lowest BCUT2D eigenvalue weighted by molar-refractivity contribution is 0.0652. The van der Waals surface area contributed by atoms with Crippen LogP contribution in [0.4, 0.5) is 0 Å². The van der Waals surface area contributed by atoms with Gasteiger partial charge in [-0.3, -0.25) is 14.2 Å². The van der Waals surface area contributed by atoms with Gasteiger partial charge < -0.3 is 4.90 Å². The maximum atomic E-state index is 13.7. The number of aromatic nitrogens is 2. The molecule has 0 bridgehead atoms. The van der Waals surface area contributed by atoms with Gasteiger partial charge >= 0.3 is 0 Å². The summed E-state index contributed by atoms with van der Waals surface area (Å²) in [7, 11) is 0. The average Bonchev–Trinajstić information content (AvgIpc) is 2.81. The SMILES string of the molecule is CCCCCCN(C(=O)c1ccc(Br)cc1)C(CC)c1nc2cc(Cl)ccc2c(=O)n1CC. The van der Waals surface area contributed by atoms with Crippen molar-refractivity contribution in [3.05, 3.63) is 73.7 Å². The summed E-state index contributed by atoms with van der Waals surface area (Å²) in [6.07, 6.45) is 4.86. The van der Waals surface area contributed by atoms with Gasteiger partial charge in [0.15, 0.2) is 0 Å².